The molecular weight excluding hydrogens is 273 g/mol. The Labute approximate surface area is 112 Å². The third-order valence-electron chi connectivity index (χ3n) is 2.69. The van der Waals surface area contributed by atoms with Crippen molar-refractivity contribution in [2.24, 2.45) is 0 Å². The molecular formula is C13H11F3N2O2. The molecule has 7 heteroatoms. The summed E-state index contributed by atoms with van der Waals surface area (Å²) in [5.74, 6) is 0.652. The van der Waals surface area contributed by atoms with Crippen LogP contribution in [0.15, 0.2) is 30.5 Å². The van der Waals surface area contributed by atoms with E-state index in [2.05, 4.69) is 5.10 Å². The Morgan fingerprint density at radius 3 is 2.40 bits per heavy atom. The van der Waals surface area contributed by atoms with Crippen LogP contribution in [0.5, 0.6) is 5.75 Å². The van der Waals surface area contributed by atoms with Crippen molar-refractivity contribution in [3.8, 4) is 5.75 Å². The largest absolute Gasteiger partial charge is 0.497 e. The van der Waals surface area contributed by atoms with Crippen molar-refractivity contribution in [1.29, 1.82) is 0 Å². The van der Waals surface area contributed by atoms with Crippen LogP contribution in [0, 0.1) is 0 Å². The minimum atomic E-state index is -4.64. The van der Waals surface area contributed by atoms with Crippen LogP contribution in [-0.4, -0.2) is 23.2 Å². The summed E-state index contributed by atoms with van der Waals surface area (Å²) in [5.41, 5.74) is -0.883. The second-order valence-electron chi connectivity index (χ2n) is 4.09. The minimum absolute atomic E-state index is 0.140. The molecule has 1 heterocycles. The fourth-order valence-electron chi connectivity index (χ4n) is 1.74. The van der Waals surface area contributed by atoms with Crippen molar-refractivity contribution in [2.75, 3.05) is 7.11 Å². The van der Waals surface area contributed by atoms with E-state index < -0.39 is 17.4 Å². The van der Waals surface area contributed by atoms with Gasteiger partial charge in [-0.3, -0.25) is 9.48 Å². The summed E-state index contributed by atoms with van der Waals surface area (Å²) in [5, 5.41) is 3.42. The molecule has 0 unspecified atom stereocenters. The van der Waals surface area contributed by atoms with E-state index in [1.807, 2.05) is 0 Å². The number of alkyl halides is 3. The first-order valence-electron chi connectivity index (χ1n) is 5.67. The Balaban J connectivity index is 2.25. The molecule has 1 aromatic heterocycles. The van der Waals surface area contributed by atoms with Gasteiger partial charge < -0.3 is 4.74 Å². The lowest BCUT2D eigenvalue weighted by atomic mass is 10.2. The third-order valence-corrected chi connectivity index (χ3v) is 2.69. The van der Waals surface area contributed by atoms with Crippen molar-refractivity contribution in [3.05, 3.63) is 47.3 Å². The highest BCUT2D eigenvalue weighted by Gasteiger charge is 2.37. The molecule has 0 radical (unpaired) electrons. The highest BCUT2D eigenvalue weighted by atomic mass is 19.4. The summed E-state index contributed by atoms with van der Waals surface area (Å²) in [4.78, 5) is 10.7. The van der Waals surface area contributed by atoms with E-state index in [9.17, 15) is 18.0 Å². The first kappa shape index (κ1) is 14.1. The first-order valence-corrected chi connectivity index (χ1v) is 5.67. The lowest BCUT2D eigenvalue weighted by Gasteiger charge is -2.04. The Kier molecular flexibility index (Phi) is 3.78. The Hall–Kier alpha value is -2.31. The van der Waals surface area contributed by atoms with Crippen LogP contribution >= 0.6 is 0 Å². The van der Waals surface area contributed by atoms with Gasteiger partial charge in [0.15, 0.2) is 12.0 Å². The average Bonchev–Trinajstić information content (AvgIpc) is 2.83. The molecule has 0 bridgehead atoms. The number of halogens is 3. The fraction of sp³-hybridized carbons (Fsp3) is 0.231. The van der Waals surface area contributed by atoms with E-state index in [0.717, 1.165) is 16.4 Å². The van der Waals surface area contributed by atoms with Crippen LogP contribution in [-0.2, 0) is 12.7 Å². The zero-order valence-electron chi connectivity index (χ0n) is 10.5. The number of carbonyl (C=O) groups excluding carboxylic acids is 1. The molecule has 2 rings (SSSR count). The molecule has 0 atom stereocenters. The summed E-state index contributed by atoms with van der Waals surface area (Å²) < 4.78 is 44.0. The topological polar surface area (TPSA) is 44.1 Å². The van der Waals surface area contributed by atoms with Gasteiger partial charge in [0.2, 0.25) is 0 Å². The highest BCUT2D eigenvalue weighted by molar-refractivity contribution is 5.76. The normalized spacial score (nSPS) is 11.4. The maximum Gasteiger partial charge on any atom is 0.435 e. The predicted octanol–water partition coefficient (Wildman–Crippen LogP) is 2.77. The van der Waals surface area contributed by atoms with Crippen molar-refractivity contribution in [2.45, 2.75) is 12.7 Å². The van der Waals surface area contributed by atoms with E-state index in [0.29, 0.717) is 5.75 Å². The number of hydrogen-bond acceptors (Lipinski definition) is 3. The van der Waals surface area contributed by atoms with Gasteiger partial charge in [0.05, 0.1) is 19.2 Å². The van der Waals surface area contributed by atoms with E-state index in [1.54, 1.807) is 24.3 Å². The monoisotopic (exact) mass is 284 g/mol. The van der Waals surface area contributed by atoms with Gasteiger partial charge in [0, 0.05) is 6.20 Å². The molecule has 0 aliphatic heterocycles. The lowest BCUT2D eigenvalue weighted by molar-refractivity contribution is -0.141. The van der Waals surface area contributed by atoms with E-state index >= 15 is 0 Å². The van der Waals surface area contributed by atoms with Gasteiger partial charge in [-0.15, -0.1) is 0 Å². The maximum absolute atomic E-state index is 12.6. The number of rotatable bonds is 4. The number of aromatic nitrogens is 2. The van der Waals surface area contributed by atoms with Gasteiger partial charge in [0.25, 0.3) is 0 Å². The lowest BCUT2D eigenvalue weighted by Crippen LogP contribution is -2.10. The van der Waals surface area contributed by atoms with Gasteiger partial charge in [0.1, 0.15) is 5.75 Å². The number of nitrogens with zero attached hydrogens (tertiary/aromatic N) is 2. The van der Waals surface area contributed by atoms with Gasteiger partial charge >= 0.3 is 6.18 Å². The minimum Gasteiger partial charge on any atom is -0.497 e. The quantitative estimate of drug-likeness (QED) is 0.811. The van der Waals surface area contributed by atoms with Crippen molar-refractivity contribution >= 4 is 6.29 Å². The number of methoxy groups -OCH3 is 1. The molecule has 0 aliphatic rings. The number of hydrogen-bond donors (Lipinski definition) is 0. The maximum atomic E-state index is 12.6. The highest BCUT2D eigenvalue weighted by Crippen LogP contribution is 2.30. The Morgan fingerprint density at radius 1 is 1.30 bits per heavy atom. The van der Waals surface area contributed by atoms with Crippen LogP contribution < -0.4 is 4.74 Å². The summed E-state index contributed by atoms with van der Waals surface area (Å²) >= 11 is 0. The predicted molar refractivity (Wildman–Crippen MR) is 64.7 cm³/mol. The van der Waals surface area contributed by atoms with Crippen LogP contribution in [0.3, 0.4) is 0 Å². The second-order valence-corrected chi connectivity index (χ2v) is 4.09. The number of benzene rings is 1. The van der Waals surface area contributed by atoms with Crippen LogP contribution in [0.25, 0.3) is 0 Å². The van der Waals surface area contributed by atoms with E-state index in [-0.39, 0.29) is 12.8 Å². The zero-order chi connectivity index (χ0) is 14.8. The Bertz CT molecular complexity index is 603. The smallest absolute Gasteiger partial charge is 0.435 e. The molecule has 0 spiro atoms. The second kappa shape index (κ2) is 5.36. The van der Waals surface area contributed by atoms with Gasteiger partial charge in [-0.25, -0.2) is 0 Å². The molecule has 0 saturated carbocycles. The summed E-state index contributed by atoms with van der Waals surface area (Å²) in [6.07, 6.45) is -3.40. The molecule has 0 fully saturated rings. The Morgan fingerprint density at radius 2 is 1.95 bits per heavy atom. The average molecular weight is 284 g/mol. The summed E-state index contributed by atoms with van der Waals surface area (Å²) in [7, 11) is 1.52. The number of ether oxygens (including phenoxy) is 1. The van der Waals surface area contributed by atoms with Crippen LogP contribution in [0.2, 0.25) is 0 Å². The SMILES string of the molecule is COc1ccc(Cn2cc(C=O)c(C(F)(F)F)n2)cc1. The van der Waals surface area contributed by atoms with Crippen molar-refractivity contribution < 1.29 is 22.7 Å². The van der Waals surface area contributed by atoms with Gasteiger partial charge in [-0.05, 0) is 17.7 Å². The molecule has 0 saturated heterocycles. The van der Waals surface area contributed by atoms with Gasteiger partial charge in [-0.1, -0.05) is 12.1 Å². The molecule has 0 aliphatic carbocycles. The van der Waals surface area contributed by atoms with Crippen molar-refractivity contribution in [3.63, 3.8) is 0 Å². The molecule has 4 nitrogen and oxygen atoms in total. The first-order chi connectivity index (χ1) is 9.44. The van der Waals surface area contributed by atoms with Crippen molar-refractivity contribution in [1.82, 2.24) is 9.78 Å². The molecule has 1 aromatic carbocycles. The van der Waals surface area contributed by atoms with Crippen LogP contribution in [0.4, 0.5) is 13.2 Å². The van der Waals surface area contributed by atoms with Crippen LogP contribution in [0.1, 0.15) is 21.6 Å². The van der Waals surface area contributed by atoms with E-state index in [4.69, 9.17) is 4.74 Å². The number of aldehydes is 1. The van der Waals surface area contributed by atoms with E-state index in [1.165, 1.54) is 7.11 Å². The summed E-state index contributed by atoms with van der Waals surface area (Å²) in [6, 6.07) is 6.83. The molecule has 20 heavy (non-hydrogen) atoms. The zero-order valence-corrected chi connectivity index (χ0v) is 10.5. The number of carbonyl (C=O) groups is 1. The third kappa shape index (κ3) is 2.98. The molecule has 0 N–H and O–H groups in total. The fourth-order valence-corrected chi connectivity index (χ4v) is 1.74. The van der Waals surface area contributed by atoms with Gasteiger partial charge in [-0.2, -0.15) is 18.3 Å². The molecule has 0 amide bonds. The molecule has 106 valence electrons. The molecule has 2 aromatic rings. The standard InChI is InChI=1S/C13H11F3N2O2/c1-20-11-4-2-9(3-5-11)6-18-7-10(8-19)12(17-18)13(14,15)16/h2-5,7-8H,6H2,1H3. The summed E-state index contributed by atoms with van der Waals surface area (Å²) in [6.45, 7) is 0.140.